The van der Waals surface area contributed by atoms with Gasteiger partial charge in [-0.25, -0.2) is 0 Å². The standard InChI is InChI=1S/C14H28O2/c1-3-5-6-7-8-12(4-2)13-9-10-16-14(13)11-15/h12-15H,3-11H2,1-2H3. The lowest BCUT2D eigenvalue weighted by Crippen LogP contribution is -2.27. The number of hydrogen-bond donors (Lipinski definition) is 1. The van der Waals surface area contributed by atoms with E-state index in [0.29, 0.717) is 5.92 Å². The summed E-state index contributed by atoms with van der Waals surface area (Å²) >= 11 is 0. The van der Waals surface area contributed by atoms with E-state index < -0.39 is 0 Å². The van der Waals surface area contributed by atoms with Crippen LogP contribution in [-0.4, -0.2) is 24.4 Å². The van der Waals surface area contributed by atoms with Crippen LogP contribution in [0.3, 0.4) is 0 Å². The first-order valence-electron chi connectivity index (χ1n) is 7.05. The lowest BCUT2D eigenvalue weighted by molar-refractivity contribution is 0.0251. The van der Waals surface area contributed by atoms with Gasteiger partial charge in [-0.1, -0.05) is 52.4 Å². The van der Waals surface area contributed by atoms with Gasteiger partial charge >= 0.3 is 0 Å². The van der Waals surface area contributed by atoms with Crippen LogP contribution in [0, 0.1) is 11.8 Å². The molecule has 3 unspecified atom stereocenters. The molecule has 1 heterocycles. The molecule has 0 bridgehead atoms. The number of rotatable bonds is 8. The predicted octanol–water partition coefficient (Wildman–Crippen LogP) is 3.38. The Kier molecular flexibility index (Phi) is 7.06. The molecule has 0 radical (unpaired) electrons. The van der Waals surface area contributed by atoms with E-state index in [0.717, 1.165) is 18.9 Å². The van der Waals surface area contributed by atoms with Gasteiger partial charge in [0.2, 0.25) is 0 Å². The highest BCUT2D eigenvalue weighted by Gasteiger charge is 2.32. The summed E-state index contributed by atoms with van der Waals surface area (Å²) in [7, 11) is 0. The molecule has 16 heavy (non-hydrogen) atoms. The number of aliphatic hydroxyl groups is 1. The van der Waals surface area contributed by atoms with Crippen LogP contribution in [-0.2, 0) is 4.74 Å². The van der Waals surface area contributed by atoms with Crippen molar-refractivity contribution in [2.45, 2.75) is 64.9 Å². The highest BCUT2D eigenvalue weighted by atomic mass is 16.5. The molecule has 1 aliphatic rings. The first-order valence-corrected chi connectivity index (χ1v) is 7.05. The molecule has 0 aromatic carbocycles. The summed E-state index contributed by atoms with van der Waals surface area (Å²) in [5.41, 5.74) is 0. The number of ether oxygens (including phenoxy) is 1. The maximum atomic E-state index is 9.27. The molecule has 1 fully saturated rings. The Morgan fingerprint density at radius 3 is 2.69 bits per heavy atom. The summed E-state index contributed by atoms with van der Waals surface area (Å²) in [4.78, 5) is 0. The van der Waals surface area contributed by atoms with E-state index in [4.69, 9.17) is 4.74 Å². The Morgan fingerprint density at radius 2 is 2.06 bits per heavy atom. The highest BCUT2D eigenvalue weighted by molar-refractivity contribution is 4.81. The summed E-state index contributed by atoms with van der Waals surface area (Å²) in [6.07, 6.45) is 9.21. The monoisotopic (exact) mass is 228 g/mol. The summed E-state index contributed by atoms with van der Waals surface area (Å²) in [6, 6.07) is 0. The zero-order valence-electron chi connectivity index (χ0n) is 11.0. The average Bonchev–Trinajstić information content (AvgIpc) is 2.77. The maximum Gasteiger partial charge on any atom is 0.0837 e. The van der Waals surface area contributed by atoms with Crippen molar-refractivity contribution in [1.29, 1.82) is 0 Å². The number of aliphatic hydroxyl groups excluding tert-OH is 1. The van der Waals surface area contributed by atoms with Crippen LogP contribution < -0.4 is 0 Å². The quantitative estimate of drug-likeness (QED) is 0.645. The van der Waals surface area contributed by atoms with Crippen molar-refractivity contribution in [2.75, 3.05) is 13.2 Å². The minimum Gasteiger partial charge on any atom is -0.394 e. The second-order valence-electron chi connectivity index (χ2n) is 5.06. The second kappa shape index (κ2) is 8.08. The van der Waals surface area contributed by atoms with Crippen LogP contribution in [0.1, 0.15) is 58.8 Å². The Morgan fingerprint density at radius 1 is 1.25 bits per heavy atom. The third kappa shape index (κ3) is 4.06. The third-order valence-corrected chi connectivity index (χ3v) is 4.00. The van der Waals surface area contributed by atoms with Gasteiger partial charge < -0.3 is 9.84 Å². The van der Waals surface area contributed by atoms with Crippen LogP contribution in [0.4, 0.5) is 0 Å². The van der Waals surface area contributed by atoms with Crippen molar-refractivity contribution in [2.24, 2.45) is 11.8 Å². The van der Waals surface area contributed by atoms with Gasteiger partial charge in [-0.15, -0.1) is 0 Å². The van der Waals surface area contributed by atoms with E-state index in [1.54, 1.807) is 0 Å². The van der Waals surface area contributed by atoms with Crippen molar-refractivity contribution in [3.63, 3.8) is 0 Å². The van der Waals surface area contributed by atoms with Gasteiger partial charge in [0, 0.05) is 6.61 Å². The van der Waals surface area contributed by atoms with E-state index in [1.165, 1.54) is 38.5 Å². The van der Waals surface area contributed by atoms with Gasteiger partial charge in [-0.3, -0.25) is 0 Å². The molecule has 2 nitrogen and oxygen atoms in total. The molecular formula is C14H28O2. The molecule has 0 spiro atoms. The maximum absolute atomic E-state index is 9.27. The Labute approximate surface area is 100 Å². The SMILES string of the molecule is CCCCCCC(CC)C1CCOC1CO. The number of unbranched alkanes of at least 4 members (excludes halogenated alkanes) is 3. The normalized spacial score (nSPS) is 27.2. The minimum atomic E-state index is 0.121. The average molecular weight is 228 g/mol. The fourth-order valence-electron chi connectivity index (χ4n) is 2.95. The van der Waals surface area contributed by atoms with Crippen molar-refractivity contribution in [3.05, 3.63) is 0 Å². The van der Waals surface area contributed by atoms with Crippen LogP contribution in [0.15, 0.2) is 0 Å². The van der Waals surface area contributed by atoms with Crippen molar-refractivity contribution >= 4 is 0 Å². The number of hydrogen-bond acceptors (Lipinski definition) is 2. The summed E-state index contributed by atoms with van der Waals surface area (Å²) < 4.78 is 5.57. The predicted molar refractivity (Wildman–Crippen MR) is 67.5 cm³/mol. The van der Waals surface area contributed by atoms with E-state index in [-0.39, 0.29) is 12.7 Å². The molecule has 0 aromatic rings. The second-order valence-corrected chi connectivity index (χ2v) is 5.06. The van der Waals surface area contributed by atoms with Crippen molar-refractivity contribution in [1.82, 2.24) is 0 Å². The largest absolute Gasteiger partial charge is 0.394 e. The van der Waals surface area contributed by atoms with Crippen LogP contribution in [0.5, 0.6) is 0 Å². The van der Waals surface area contributed by atoms with Gasteiger partial charge in [-0.05, 0) is 18.3 Å². The fraction of sp³-hybridized carbons (Fsp3) is 1.00. The molecule has 0 amide bonds. The molecule has 0 saturated carbocycles. The van der Waals surface area contributed by atoms with E-state index >= 15 is 0 Å². The molecule has 1 rings (SSSR count). The molecule has 1 N–H and O–H groups in total. The fourth-order valence-corrected chi connectivity index (χ4v) is 2.95. The van der Waals surface area contributed by atoms with E-state index in [1.807, 2.05) is 0 Å². The molecule has 96 valence electrons. The topological polar surface area (TPSA) is 29.5 Å². The molecule has 0 aliphatic carbocycles. The molecule has 3 atom stereocenters. The minimum absolute atomic E-state index is 0.121. The zero-order valence-corrected chi connectivity index (χ0v) is 11.0. The first kappa shape index (κ1) is 14.0. The third-order valence-electron chi connectivity index (χ3n) is 4.00. The lowest BCUT2D eigenvalue weighted by atomic mass is 9.81. The summed E-state index contributed by atoms with van der Waals surface area (Å²) in [5.74, 6) is 1.37. The summed E-state index contributed by atoms with van der Waals surface area (Å²) in [6.45, 7) is 5.58. The molecule has 2 heteroatoms. The Balaban J connectivity index is 2.29. The smallest absolute Gasteiger partial charge is 0.0837 e. The van der Waals surface area contributed by atoms with Crippen molar-refractivity contribution < 1.29 is 9.84 Å². The Hall–Kier alpha value is -0.0800. The van der Waals surface area contributed by atoms with Crippen LogP contribution in [0.25, 0.3) is 0 Å². The van der Waals surface area contributed by atoms with Crippen LogP contribution >= 0.6 is 0 Å². The zero-order chi connectivity index (χ0) is 11.8. The van der Waals surface area contributed by atoms with E-state index in [2.05, 4.69) is 13.8 Å². The van der Waals surface area contributed by atoms with Crippen molar-refractivity contribution in [3.8, 4) is 0 Å². The van der Waals surface area contributed by atoms with Gasteiger partial charge in [-0.2, -0.15) is 0 Å². The molecule has 1 aliphatic heterocycles. The van der Waals surface area contributed by atoms with Gasteiger partial charge in [0.1, 0.15) is 0 Å². The lowest BCUT2D eigenvalue weighted by Gasteiger charge is -2.25. The highest BCUT2D eigenvalue weighted by Crippen LogP contribution is 2.33. The van der Waals surface area contributed by atoms with Crippen LogP contribution in [0.2, 0.25) is 0 Å². The van der Waals surface area contributed by atoms with Gasteiger partial charge in [0.05, 0.1) is 12.7 Å². The Bertz CT molecular complexity index is 170. The molecular weight excluding hydrogens is 200 g/mol. The first-order chi connectivity index (χ1) is 7.83. The van der Waals surface area contributed by atoms with E-state index in [9.17, 15) is 5.11 Å². The summed E-state index contributed by atoms with van der Waals surface area (Å²) in [5, 5.41) is 9.27. The van der Waals surface area contributed by atoms with Gasteiger partial charge in [0.15, 0.2) is 0 Å². The van der Waals surface area contributed by atoms with Gasteiger partial charge in [0.25, 0.3) is 0 Å². The molecule has 0 aromatic heterocycles. The molecule has 1 saturated heterocycles.